The minimum atomic E-state index is 0.909. The summed E-state index contributed by atoms with van der Waals surface area (Å²) in [6.07, 6.45) is 1.22. The van der Waals surface area contributed by atoms with Crippen molar-refractivity contribution in [1.29, 1.82) is 0 Å². The monoisotopic (exact) mass is 268 g/mol. The number of nitrogens with one attached hydrogen (secondary N) is 1. The van der Waals surface area contributed by atoms with Crippen LogP contribution in [0.25, 0.3) is 0 Å². The van der Waals surface area contributed by atoms with Crippen LogP contribution in [0, 0.1) is 0 Å². The molecule has 2 heterocycles. The number of nitrogens with two attached hydrogens (primary N) is 1. The van der Waals surface area contributed by atoms with Crippen LogP contribution >= 0.6 is 11.3 Å². The van der Waals surface area contributed by atoms with Gasteiger partial charge in [0.15, 0.2) is 0 Å². The van der Waals surface area contributed by atoms with E-state index in [0.717, 1.165) is 18.8 Å². The normalized spacial score (nSPS) is 18.3. The molecule has 0 saturated carbocycles. The highest BCUT2D eigenvalue weighted by Crippen LogP contribution is 2.17. The van der Waals surface area contributed by atoms with Gasteiger partial charge in [0.25, 0.3) is 0 Å². The average Bonchev–Trinajstić information content (AvgIpc) is 2.77. The molecular weight excluding hydrogens is 244 g/mol. The summed E-state index contributed by atoms with van der Waals surface area (Å²) in [6.45, 7) is 8.04. The van der Waals surface area contributed by atoms with Crippen LogP contribution < -0.4 is 11.1 Å². The predicted octanol–water partition coefficient (Wildman–Crippen LogP) is 1.06. The number of nitrogen functional groups attached to an aromatic ring is 1. The summed E-state index contributed by atoms with van der Waals surface area (Å²) in [5.41, 5.74) is 6.77. The number of rotatable bonds is 6. The SMILES string of the molecule is CN1CCN(CCCNCc2sccc2N)CC1. The molecule has 1 aromatic rings. The molecule has 0 aromatic carbocycles. The molecule has 0 atom stereocenters. The van der Waals surface area contributed by atoms with E-state index >= 15 is 0 Å². The molecule has 5 heteroatoms. The van der Waals surface area contributed by atoms with Gasteiger partial charge in [-0.15, -0.1) is 11.3 Å². The van der Waals surface area contributed by atoms with Crippen LogP contribution in [0.15, 0.2) is 11.4 Å². The molecular formula is C13H24N4S. The number of piperazine rings is 1. The summed E-state index contributed by atoms with van der Waals surface area (Å²) in [6, 6.07) is 1.98. The zero-order chi connectivity index (χ0) is 12.8. The van der Waals surface area contributed by atoms with Crippen molar-refractivity contribution in [2.75, 3.05) is 52.0 Å². The molecule has 18 heavy (non-hydrogen) atoms. The third-order valence-corrected chi connectivity index (χ3v) is 4.43. The van der Waals surface area contributed by atoms with E-state index in [2.05, 4.69) is 27.5 Å². The van der Waals surface area contributed by atoms with Crippen molar-refractivity contribution < 1.29 is 0 Å². The molecule has 0 bridgehead atoms. The summed E-state index contributed by atoms with van der Waals surface area (Å²) in [7, 11) is 2.20. The van der Waals surface area contributed by atoms with Gasteiger partial charge >= 0.3 is 0 Å². The molecule has 0 unspecified atom stereocenters. The summed E-state index contributed by atoms with van der Waals surface area (Å²) in [5, 5.41) is 5.52. The maximum absolute atomic E-state index is 5.84. The first-order valence-corrected chi connectivity index (χ1v) is 7.57. The van der Waals surface area contributed by atoms with E-state index in [1.807, 2.05) is 6.07 Å². The highest BCUT2D eigenvalue weighted by Gasteiger charge is 2.12. The summed E-state index contributed by atoms with van der Waals surface area (Å²) < 4.78 is 0. The first-order chi connectivity index (χ1) is 8.75. The molecule has 1 fully saturated rings. The van der Waals surface area contributed by atoms with Crippen molar-refractivity contribution in [2.24, 2.45) is 0 Å². The first kappa shape index (κ1) is 13.8. The fourth-order valence-corrected chi connectivity index (χ4v) is 2.96. The van der Waals surface area contributed by atoms with Crippen molar-refractivity contribution >= 4 is 17.0 Å². The molecule has 0 radical (unpaired) electrons. The van der Waals surface area contributed by atoms with Crippen LogP contribution in [0.2, 0.25) is 0 Å². The summed E-state index contributed by atoms with van der Waals surface area (Å²) >= 11 is 1.73. The van der Waals surface area contributed by atoms with E-state index < -0.39 is 0 Å². The molecule has 1 aliphatic heterocycles. The lowest BCUT2D eigenvalue weighted by molar-refractivity contribution is 0.153. The molecule has 0 spiro atoms. The Morgan fingerprint density at radius 2 is 2.11 bits per heavy atom. The van der Waals surface area contributed by atoms with E-state index in [1.165, 1.54) is 44.0 Å². The van der Waals surface area contributed by atoms with Crippen LogP contribution in [-0.2, 0) is 6.54 Å². The van der Waals surface area contributed by atoms with E-state index in [-0.39, 0.29) is 0 Å². The van der Waals surface area contributed by atoms with Crippen LogP contribution in [0.3, 0.4) is 0 Å². The summed E-state index contributed by atoms with van der Waals surface area (Å²) in [4.78, 5) is 6.21. The van der Waals surface area contributed by atoms with Gasteiger partial charge in [0.05, 0.1) is 0 Å². The maximum Gasteiger partial charge on any atom is 0.0468 e. The molecule has 102 valence electrons. The zero-order valence-electron chi connectivity index (χ0n) is 11.2. The second-order valence-corrected chi connectivity index (χ2v) is 5.98. The second kappa shape index (κ2) is 7.09. The van der Waals surface area contributed by atoms with Gasteiger partial charge in [-0.25, -0.2) is 0 Å². The third kappa shape index (κ3) is 4.24. The van der Waals surface area contributed by atoms with Crippen LogP contribution in [0.1, 0.15) is 11.3 Å². The van der Waals surface area contributed by atoms with Gasteiger partial charge in [-0.05, 0) is 38.0 Å². The largest absolute Gasteiger partial charge is 0.398 e. The van der Waals surface area contributed by atoms with Crippen LogP contribution in [0.4, 0.5) is 5.69 Å². The molecule has 1 saturated heterocycles. The minimum absolute atomic E-state index is 0.909. The van der Waals surface area contributed by atoms with Gasteiger partial charge in [0, 0.05) is 43.3 Å². The van der Waals surface area contributed by atoms with Crippen molar-refractivity contribution in [3.05, 3.63) is 16.3 Å². The van der Waals surface area contributed by atoms with Crippen molar-refractivity contribution in [1.82, 2.24) is 15.1 Å². The lowest BCUT2D eigenvalue weighted by Crippen LogP contribution is -2.45. The second-order valence-electron chi connectivity index (χ2n) is 4.97. The predicted molar refractivity (Wildman–Crippen MR) is 79.0 cm³/mol. The number of likely N-dealkylation sites (N-methyl/N-ethyl adjacent to an activating group) is 1. The number of hydrogen-bond acceptors (Lipinski definition) is 5. The Kier molecular flexibility index (Phi) is 5.44. The smallest absolute Gasteiger partial charge is 0.0468 e. The van der Waals surface area contributed by atoms with E-state index in [1.54, 1.807) is 11.3 Å². The zero-order valence-corrected chi connectivity index (χ0v) is 12.0. The highest BCUT2D eigenvalue weighted by atomic mass is 32.1. The topological polar surface area (TPSA) is 44.5 Å². The Morgan fingerprint density at radius 1 is 1.33 bits per heavy atom. The molecule has 0 amide bonds. The molecule has 1 aliphatic rings. The third-order valence-electron chi connectivity index (χ3n) is 3.49. The molecule has 3 N–H and O–H groups in total. The fraction of sp³-hybridized carbons (Fsp3) is 0.692. The van der Waals surface area contributed by atoms with Crippen molar-refractivity contribution in [3.63, 3.8) is 0 Å². The first-order valence-electron chi connectivity index (χ1n) is 6.69. The van der Waals surface area contributed by atoms with Gasteiger partial charge < -0.3 is 20.9 Å². The number of nitrogens with zero attached hydrogens (tertiary/aromatic N) is 2. The van der Waals surface area contributed by atoms with E-state index in [0.29, 0.717) is 0 Å². The molecule has 4 nitrogen and oxygen atoms in total. The van der Waals surface area contributed by atoms with Crippen LogP contribution in [0.5, 0.6) is 0 Å². The Hall–Kier alpha value is -0.620. The molecule has 2 rings (SSSR count). The van der Waals surface area contributed by atoms with Crippen LogP contribution in [-0.4, -0.2) is 56.1 Å². The number of hydrogen-bond donors (Lipinski definition) is 2. The van der Waals surface area contributed by atoms with E-state index in [9.17, 15) is 0 Å². The Morgan fingerprint density at radius 3 is 2.78 bits per heavy atom. The average molecular weight is 268 g/mol. The Bertz CT molecular complexity index is 345. The van der Waals surface area contributed by atoms with E-state index in [4.69, 9.17) is 5.73 Å². The molecule has 0 aliphatic carbocycles. The fourth-order valence-electron chi connectivity index (χ4n) is 2.20. The maximum atomic E-state index is 5.84. The molecule has 1 aromatic heterocycles. The quantitative estimate of drug-likeness (QED) is 0.757. The highest BCUT2D eigenvalue weighted by molar-refractivity contribution is 7.10. The standard InChI is InChI=1S/C13H24N4S/c1-16-6-8-17(9-7-16)5-2-4-15-11-13-12(14)3-10-18-13/h3,10,15H,2,4-9,11,14H2,1H3. The van der Waals surface area contributed by atoms with Gasteiger partial charge in [-0.2, -0.15) is 0 Å². The number of thiophene rings is 1. The van der Waals surface area contributed by atoms with Gasteiger partial charge in [-0.1, -0.05) is 0 Å². The van der Waals surface area contributed by atoms with Crippen molar-refractivity contribution in [2.45, 2.75) is 13.0 Å². The van der Waals surface area contributed by atoms with Crippen molar-refractivity contribution in [3.8, 4) is 0 Å². The lowest BCUT2D eigenvalue weighted by atomic mass is 10.3. The minimum Gasteiger partial charge on any atom is -0.398 e. The Balaban J connectivity index is 1.53. The van der Waals surface area contributed by atoms with Gasteiger partial charge in [0.1, 0.15) is 0 Å². The number of anilines is 1. The lowest BCUT2D eigenvalue weighted by Gasteiger charge is -2.32. The Labute approximate surface area is 114 Å². The summed E-state index contributed by atoms with van der Waals surface area (Å²) in [5.74, 6) is 0. The van der Waals surface area contributed by atoms with Gasteiger partial charge in [-0.3, -0.25) is 0 Å². The van der Waals surface area contributed by atoms with Gasteiger partial charge in [0.2, 0.25) is 0 Å².